The molecule has 1 aromatic carbocycles. The van der Waals surface area contributed by atoms with Crippen LogP contribution in [0.2, 0.25) is 0 Å². The highest BCUT2D eigenvalue weighted by Crippen LogP contribution is 2.29. The van der Waals surface area contributed by atoms with E-state index in [2.05, 4.69) is 30.4 Å². The molecular weight excluding hydrogens is 226 g/mol. The summed E-state index contributed by atoms with van der Waals surface area (Å²) in [5, 5.41) is 3.46. The lowest BCUT2D eigenvalue weighted by Gasteiger charge is -2.11. The normalized spacial score (nSPS) is 17.6. The van der Waals surface area contributed by atoms with Gasteiger partial charge in [0.15, 0.2) is 0 Å². The van der Waals surface area contributed by atoms with E-state index in [1.54, 1.807) is 7.11 Å². The number of hydrogen-bond donors (Lipinski definition) is 1. The summed E-state index contributed by atoms with van der Waals surface area (Å²) in [5.74, 6) is 1.06. The fraction of sp³-hybridized carbons (Fsp3) is 0.600. The van der Waals surface area contributed by atoms with Crippen molar-refractivity contribution in [3.05, 3.63) is 29.3 Å². The van der Waals surface area contributed by atoms with Gasteiger partial charge in [-0.05, 0) is 37.9 Å². The average Bonchev–Trinajstić information content (AvgIpc) is 2.75. The third kappa shape index (κ3) is 3.72. The first-order valence-corrected chi connectivity index (χ1v) is 6.75. The van der Waals surface area contributed by atoms with Crippen molar-refractivity contribution in [2.75, 3.05) is 26.8 Å². The van der Waals surface area contributed by atoms with Crippen LogP contribution in [0.5, 0.6) is 5.75 Å². The van der Waals surface area contributed by atoms with Crippen LogP contribution in [0.15, 0.2) is 18.2 Å². The highest BCUT2D eigenvalue weighted by Gasteiger charge is 2.21. The predicted molar refractivity (Wildman–Crippen MR) is 73.3 cm³/mol. The van der Waals surface area contributed by atoms with Crippen LogP contribution >= 0.6 is 0 Å². The van der Waals surface area contributed by atoms with E-state index in [0.717, 1.165) is 44.7 Å². The lowest BCUT2D eigenvalue weighted by Crippen LogP contribution is -2.30. The van der Waals surface area contributed by atoms with E-state index in [-0.39, 0.29) is 0 Å². The maximum Gasteiger partial charge on any atom is 0.123 e. The van der Waals surface area contributed by atoms with Crippen molar-refractivity contribution in [3.63, 3.8) is 0 Å². The van der Waals surface area contributed by atoms with Gasteiger partial charge in [0.25, 0.3) is 0 Å². The standard InChI is InChI=1S/C15H23NO2/c1-12-5-6-15-13(9-12)10-14(18-15)11-16-7-3-4-8-17-2/h5-6,9,14,16H,3-4,7-8,10-11H2,1-2H3. The Labute approximate surface area is 109 Å². The van der Waals surface area contributed by atoms with Crippen molar-refractivity contribution < 1.29 is 9.47 Å². The molecule has 0 saturated heterocycles. The lowest BCUT2D eigenvalue weighted by atomic mass is 10.1. The van der Waals surface area contributed by atoms with E-state index in [9.17, 15) is 0 Å². The number of methoxy groups -OCH3 is 1. The summed E-state index contributed by atoms with van der Waals surface area (Å²) in [5.41, 5.74) is 2.66. The Bertz CT molecular complexity index is 379. The molecule has 0 fully saturated rings. The van der Waals surface area contributed by atoms with E-state index < -0.39 is 0 Å². The van der Waals surface area contributed by atoms with Gasteiger partial charge >= 0.3 is 0 Å². The Morgan fingerprint density at radius 1 is 1.39 bits per heavy atom. The van der Waals surface area contributed by atoms with Crippen molar-refractivity contribution >= 4 is 0 Å². The SMILES string of the molecule is COCCCCNCC1Cc2cc(C)ccc2O1. The first-order chi connectivity index (χ1) is 8.79. The van der Waals surface area contributed by atoms with Crippen molar-refractivity contribution in [1.82, 2.24) is 5.32 Å². The van der Waals surface area contributed by atoms with Crippen molar-refractivity contribution in [2.24, 2.45) is 0 Å². The van der Waals surface area contributed by atoms with Crippen LogP contribution in [0.1, 0.15) is 24.0 Å². The number of hydrogen-bond acceptors (Lipinski definition) is 3. The molecule has 0 spiro atoms. The quantitative estimate of drug-likeness (QED) is 0.752. The number of rotatable bonds is 7. The molecule has 0 amide bonds. The van der Waals surface area contributed by atoms with E-state index in [4.69, 9.17) is 9.47 Å². The zero-order valence-corrected chi connectivity index (χ0v) is 11.4. The molecule has 0 aliphatic carbocycles. The van der Waals surface area contributed by atoms with Gasteiger partial charge in [-0.3, -0.25) is 0 Å². The molecule has 1 atom stereocenters. The van der Waals surface area contributed by atoms with Gasteiger partial charge in [0.2, 0.25) is 0 Å². The van der Waals surface area contributed by atoms with Gasteiger partial charge in [0.05, 0.1) is 0 Å². The Balaban J connectivity index is 1.65. The highest BCUT2D eigenvalue weighted by molar-refractivity contribution is 5.40. The summed E-state index contributed by atoms with van der Waals surface area (Å²) < 4.78 is 10.9. The molecule has 0 saturated carbocycles. The smallest absolute Gasteiger partial charge is 0.123 e. The van der Waals surface area contributed by atoms with E-state index >= 15 is 0 Å². The van der Waals surface area contributed by atoms with Crippen LogP contribution in [0.4, 0.5) is 0 Å². The molecular formula is C15H23NO2. The molecule has 100 valence electrons. The average molecular weight is 249 g/mol. The van der Waals surface area contributed by atoms with Crippen molar-refractivity contribution in [1.29, 1.82) is 0 Å². The first-order valence-electron chi connectivity index (χ1n) is 6.75. The largest absolute Gasteiger partial charge is 0.488 e. The van der Waals surface area contributed by atoms with Gasteiger partial charge in [-0.1, -0.05) is 17.7 Å². The second-order valence-corrected chi connectivity index (χ2v) is 4.96. The zero-order chi connectivity index (χ0) is 12.8. The third-order valence-corrected chi connectivity index (χ3v) is 3.28. The Morgan fingerprint density at radius 2 is 2.28 bits per heavy atom. The Kier molecular flexibility index (Phi) is 5.02. The molecule has 1 aliphatic heterocycles. The van der Waals surface area contributed by atoms with E-state index in [1.807, 2.05) is 0 Å². The van der Waals surface area contributed by atoms with Crippen LogP contribution in [-0.2, 0) is 11.2 Å². The fourth-order valence-corrected chi connectivity index (χ4v) is 2.32. The maximum atomic E-state index is 5.90. The topological polar surface area (TPSA) is 30.5 Å². The minimum atomic E-state index is 0.296. The van der Waals surface area contributed by atoms with E-state index in [0.29, 0.717) is 6.10 Å². The molecule has 1 unspecified atom stereocenters. The van der Waals surface area contributed by atoms with Crippen LogP contribution < -0.4 is 10.1 Å². The molecule has 18 heavy (non-hydrogen) atoms. The highest BCUT2D eigenvalue weighted by atomic mass is 16.5. The summed E-state index contributed by atoms with van der Waals surface area (Å²) in [6.07, 6.45) is 3.60. The number of fused-ring (bicyclic) bond motifs is 1. The molecule has 0 aromatic heterocycles. The monoisotopic (exact) mass is 249 g/mol. The molecule has 3 heteroatoms. The predicted octanol–water partition coefficient (Wildman–Crippen LogP) is 2.31. The summed E-state index contributed by atoms with van der Waals surface area (Å²) in [7, 11) is 1.75. The molecule has 2 rings (SSSR count). The Morgan fingerprint density at radius 3 is 3.11 bits per heavy atom. The van der Waals surface area contributed by atoms with Crippen LogP contribution in [-0.4, -0.2) is 32.9 Å². The van der Waals surface area contributed by atoms with E-state index in [1.165, 1.54) is 11.1 Å². The number of nitrogens with one attached hydrogen (secondary N) is 1. The number of unbranched alkanes of at least 4 members (excludes halogenated alkanes) is 1. The zero-order valence-electron chi connectivity index (χ0n) is 11.4. The second kappa shape index (κ2) is 6.76. The summed E-state index contributed by atoms with van der Waals surface area (Å²) >= 11 is 0. The molecule has 0 radical (unpaired) electrons. The molecule has 1 aromatic rings. The van der Waals surface area contributed by atoms with Crippen molar-refractivity contribution in [2.45, 2.75) is 32.3 Å². The van der Waals surface area contributed by atoms with Crippen LogP contribution in [0, 0.1) is 6.92 Å². The molecule has 0 bridgehead atoms. The van der Waals surface area contributed by atoms with Gasteiger partial charge in [-0.25, -0.2) is 0 Å². The number of benzene rings is 1. The lowest BCUT2D eigenvalue weighted by molar-refractivity contribution is 0.191. The first kappa shape index (κ1) is 13.4. The minimum absolute atomic E-state index is 0.296. The molecule has 1 heterocycles. The van der Waals surface area contributed by atoms with Crippen molar-refractivity contribution in [3.8, 4) is 5.75 Å². The number of ether oxygens (including phenoxy) is 2. The van der Waals surface area contributed by atoms with Gasteiger partial charge in [0.1, 0.15) is 11.9 Å². The van der Waals surface area contributed by atoms with Gasteiger partial charge < -0.3 is 14.8 Å². The molecule has 1 aliphatic rings. The van der Waals surface area contributed by atoms with Crippen LogP contribution in [0.3, 0.4) is 0 Å². The third-order valence-electron chi connectivity index (χ3n) is 3.28. The molecule has 3 nitrogen and oxygen atoms in total. The van der Waals surface area contributed by atoms with Gasteiger partial charge in [-0.2, -0.15) is 0 Å². The summed E-state index contributed by atoms with van der Waals surface area (Å²) in [6.45, 7) is 4.95. The van der Waals surface area contributed by atoms with Crippen LogP contribution in [0.25, 0.3) is 0 Å². The number of aryl methyl sites for hydroxylation is 1. The van der Waals surface area contributed by atoms with Gasteiger partial charge in [0, 0.05) is 26.7 Å². The Hall–Kier alpha value is -1.06. The fourth-order valence-electron chi connectivity index (χ4n) is 2.32. The minimum Gasteiger partial charge on any atom is -0.488 e. The summed E-state index contributed by atoms with van der Waals surface area (Å²) in [4.78, 5) is 0. The molecule has 1 N–H and O–H groups in total. The summed E-state index contributed by atoms with van der Waals surface area (Å²) in [6, 6.07) is 6.43. The van der Waals surface area contributed by atoms with Gasteiger partial charge in [-0.15, -0.1) is 0 Å². The maximum absolute atomic E-state index is 5.90. The second-order valence-electron chi connectivity index (χ2n) is 4.96.